The highest BCUT2D eigenvalue weighted by molar-refractivity contribution is 6.39. The quantitative estimate of drug-likeness (QED) is 0.732. The maximum atomic E-state index is 12.0. The molecule has 1 aliphatic rings. The average Bonchev–Trinajstić information content (AvgIpc) is 2.96. The second kappa shape index (κ2) is 6.94. The highest BCUT2D eigenvalue weighted by atomic mass is 16.5. The second-order valence-electron chi connectivity index (χ2n) is 6.18. The van der Waals surface area contributed by atoms with Gasteiger partial charge >= 0.3 is 11.8 Å². The van der Waals surface area contributed by atoms with Gasteiger partial charge in [0.2, 0.25) is 0 Å². The predicted molar refractivity (Wildman–Crippen MR) is 93.4 cm³/mol. The van der Waals surface area contributed by atoms with Crippen LogP contribution in [0.2, 0.25) is 0 Å². The molecule has 1 aliphatic carbocycles. The van der Waals surface area contributed by atoms with E-state index in [0.29, 0.717) is 24.3 Å². The zero-order chi connectivity index (χ0) is 17.9. The molecule has 6 nitrogen and oxygen atoms in total. The lowest BCUT2D eigenvalue weighted by atomic mass is 10.0. The van der Waals surface area contributed by atoms with Gasteiger partial charge in [0.25, 0.3) is 0 Å². The van der Waals surface area contributed by atoms with Crippen molar-refractivity contribution < 1.29 is 19.4 Å². The van der Waals surface area contributed by atoms with Crippen LogP contribution in [0.3, 0.4) is 0 Å². The fourth-order valence-corrected chi connectivity index (χ4v) is 3.05. The lowest BCUT2D eigenvalue weighted by Gasteiger charge is -2.22. The van der Waals surface area contributed by atoms with Crippen molar-refractivity contribution in [2.75, 3.05) is 19.0 Å². The molecule has 0 atom stereocenters. The lowest BCUT2D eigenvalue weighted by molar-refractivity contribution is -0.136. The molecular weight excluding hydrogens is 320 g/mol. The van der Waals surface area contributed by atoms with Crippen molar-refractivity contribution in [3.05, 3.63) is 59.7 Å². The number of carbonyl (C=O) groups excluding carboxylic acids is 2. The van der Waals surface area contributed by atoms with Gasteiger partial charge in [-0.2, -0.15) is 0 Å². The first-order valence-corrected chi connectivity index (χ1v) is 8.02. The number of rotatable bonds is 4. The maximum absolute atomic E-state index is 12.0. The molecule has 2 aromatic carbocycles. The third-order valence-electron chi connectivity index (χ3n) is 4.30. The number of carbonyl (C=O) groups is 2. The van der Waals surface area contributed by atoms with E-state index in [1.165, 1.54) is 7.11 Å². The number of amides is 2. The zero-order valence-corrected chi connectivity index (χ0v) is 13.9. The fourth-order valence-electron chi connectivity index (χ4n) is 3.05. The van der Waals surface area contributed by atoms with E-state index >= 15 is 0 Å². The van der Waals surface area contributed by atoms with Gasteiger partial charge in [-0.15, -0.1) is 0 Å². The van der Waals surface area contributed by atoms with E-state index in [1.807, 2.05) is 24.3 Å². The molecule has 2 aromatic rings. The molecule has 2 amide bonds. The van der Waals surface area contributed by atoms with Crippen LogP contribution in [0.4, 0.5) is 5.69 Å². The van der Waals surface area contributed by atoms with Crippen molar-refractivity contribution in [1.29, 1.82) is 0 Å². The topological polar surface area (TPSA) is 87.7 Å². The van der Waals surface area contributed by atoms with Crippen LogP contribution >= 0.6 is 0 Å². The molecule has 0 heterocycles. The summed E-state index contributed by atoms with van der Waals surface area (Å²) in [6, 6.07) is 14.6. The molecule has 0 aromatic heterocycles. The highest BCUT2D eigenvalue weighted by Gasteiger charge is 2.35. The van der Waals surface area contributed by atoms with Gasteiger partial charge in [0, 0.05) is 19.4 Å². The smallest absolute Gasteiger partial charge is 0.313 e. The number of fused-ring (bicyclic) bond motifs is 1. The Morgan fingerprint density at radius 3 is 2.28 bits per heavy atom. The second-order valence-corrected chi connectivity index (χ2v) is 6.18. The number of hydrogen-bond acceptors (Lipinski definition) is 4. The number of para-hydroxylation sites is 2. The van der Waals surface area contributed by atoms with Gasteiger partial charge in [-0.05, 0) is 23.3 Å². The standard InChI is InChI=1S/C19H20N2O4/c1-25-16-9-5-4-8-15(16)21-18(23)17(22)20-12-19(24)10-13-6-2-3-7-14(13)11-19/h2-9,24H,10-12H2,1H3,(H,20,22)(H,21,23). The molecule has 0 fully saturated rings. The summed E-state index contributed by atoms with van der Waals surface area (Å²) in [5.41, 5.74) is 1.48. The van der Waals surface area contributed by atoms with Gasteiger partial charge in [-0.1, -0.05) is 36.4 Å². The van der Waals surface area contributed by atoms with Crippen LogP contribution in [0.5, 0.6) is 5.75 Å². The molecule has 0 aliphatic heterocycles. The molecule has 0 saturated heterocycles. The molecule has 0 bridgehead atoms. The summed E-state index contributed by atoms with van der Waals surface area (Å²) in [5.74, 6) is -1.13. The number of benzene rings is 2. The summed E-state index contributed by atoms with van der Waals surface area (Å²) in [6.45, 7) is 0.0137. The summed E-state index contributed by atoms with van der Waals surface area (Å²) in [7, 11) is 1.48. The van der Waals surface area contributed by atoms with E-state index in [2.05, 4.69) is 10.6 Å². The van der Waals surface area contributed by atoms with Crippen LogP contribution in [0.1, 0.15) is 11.1 Å². The van der Waals surface area contributed by atoms with Crippen LogP contribution in [-0.2, 0) is 22.4 Å². The number of anilines is 1. The molecule has 130 valence electrons. The van der Waals surface area contributed by atoms with Gasteiger partial charge in [0.15, 0.2) is 0 Å². The first-order chi connectivity index (χ1) is 12.0. The third-order valence-corrected chi connectivity index (χ3v) is 4.30. The van der Waals surface area contributed by atoms with E-state index in [1.54, 1.807) is 24.3 Å². The number of methoxy groups -OCH3 is 1. The van der Waals surface area contributed by atoms with E-state index in [4.69, 9.17) is 4.74 Å². The summed E-state index contributed by atoms with van der Waals surface area (Å²) >= 11 is 0. The van der Waals surface area contributed by atoms with E-state index in [0.717, 1.165) is 11.1 Å². The Kier molecular flexibility index (Phi) is 4.72. The van der Waals surface area contributed by atoms with Gasteiger partial charge in [0.1, 0.15) is 5.75 Å². The largest absolute Gasteiger partial charge is 0.495 e. The minimum absolute atomic E-state index is 0.0137. The Morgan fingerprint density at radius 1 is 1.04 bits per heavy atom. The summed E-state index contributed by atoms with van der Waals surface area (Å²) < 4.78 is 5.13. The zero-order valence-electron chi connectivity index (χ0n) is 13.9. The molecule has 0 spiro atoms. The first-order valence-electron chi connectivity index (χ1n) is 8.02. The third kappa shape index (κ3) is 3.80. The molecule has 0 unspecified atom stereocenters. The number of nitrogens with one attached hydrogen (secondary N) is 2. The Bertz CT molecular complexity index is 779. The number of ether oxygens (including phenoxy) is 1. The molecule has 6 heteroatoms. The van der Waals surface area contributed by atoms with Gasteiger partial charge < -0.3 is 20.5 Å². The maximum Gasteiger partial charge on any atom is 0.313 e. The van der Waals surface area contributed by atoms with E-state index in [-0.39, 0.29) is 6.54 Å². The van der Waals surface area contributed by atoms with Crippen molar-refractivity contribution in [2.45, 2.75) is 18.4 Å². The Balaban J connectivity index is 1.57. The molecule has 0 radical (unpaired) electrons. The molecule has 3 rings (SSSR count). The first kappa shape index (κ1) is 17.0. The average molecular weight is 340 g/mol. The predicted octanol–water partition coefficient (Wildman–Crippen LogP) is 1.28. The van der Waals surface area contributed by atoms with Gasteiger partial charge in [-0.25, -0.2) is 0 Å². The van der Waals surface area contributed by atoms with Crippen LogP contribution in [0.25, 0.3) is 0 Å². The van der Waals surface area contributed by atoms with Crippen molar-refractivity contribution in [3.63, 3.8) is 0 Å². The highest BCUT2D eigenvalue weighted by Crippen LogP contribution is 2.29. The minimum atomic E-state index is -1.07. The van der Waals surface area contributed by atoms with Crippen molar-refractivity contribution in [1.82, 2.24) is 5.32 Å². The number of aliphatic hydroxyl groups is 1. The summed E-state index contributed by atoms with van der Waals surface area (Å²) in [6.07, 6.45) is 0.912. The molecule has 25 heavy (non-hydrogen) atoms. The van der Waals surface area contributed by atoms with Gasteiger partial charge in [-0.3, -0.25) is 9.59 Å². The van der Waals surface area contributed by atoms with Crippen molar-refractivity contribution >= 4 is 17.5 Å². The molecular formula is C19H20N2O4. The molecule has 0 saturated carbocycles. The normalized spacial score (nSPS) is 14.5. The van der Waals surface area contributed by atoms with Crippen molar-refractivity contribution in [3.8, 4) is 5.75 Å². The molecule has 3 N–H and O–H groups in total. The van der Waals surface area contributed by atoms with E-state index < -0.39 is 17.4 Å². The number of hydrogen-bond donors (Lipinski definition) is 3. The Labute approximate surface area is 145 Å². The van der Waals surface area contributed by atoms with Crippen LogP contribution in [-0.4, -0.2) is 36.2 Å². The van der Waals surface area contributed by atoms with Crippen LogP contribution in [0.15, 0.2) is 48.5 Å². The van der Waals surface area contributed by atoms with E-state index in [9.17, 15) is 14.7 Å². The van der Waals surface area contributed by atoms with Crippen LogP contribution in [0, 0.1) is 0 Å². The summed E-state index contributed by atoms with van der Waals surface area (Å²) in [5, 5.41) is 15.7. The monoisotopic (exact) mass is 340 g/mol. The lowest BCUT2D eigenvalue weighted by Crippen LogP contribution is -2.46. The summed E-state index contributed by atoms with van der Waals surface area (Å²) in [4.78, 5) is 24.1. The van der Waals surface area contributed by atoms with Gasteiger partial charge in [0.05, 0.1) is 18.4 Å². The minimum Gasteiger partial charge on any atom is -0.495 e. The van der Waals surface area contributed by atoms with Crippen LogP contribution < -0.4 is 15.4 Å². The fraction of sp³-hybridized carbons (Fsp3) is 0.263. The van der Waals surface area contributed by atoms with Crippen molar-refractivity contribution in [2.24, 2.45) is 0 Å². The Hall–Kier alpha value is -2.86. The Morgan fingerprint density at radius 2 is 1.64 bits per heavy atom. The SMILES string of the molecule is COc1ccccc1NC(=O)C(=O)NCC1(O)Cc2ccccc2C1.